The maximum absolute atomic E-state index is 12.5. The second-order valence-electron chi connectivity index (χ2n) is 5.88. The van der Waals surface area contributed by atoms with Crippen LogP contribution in [0.1, 0.15) is 17.3 Å². The van der Waals surface area contributed by atoms with Gasteiger partial charge in [0.1, 0.15) is 22.8 Å². The molecule has 1 aliphatic heterocycles. The van der Waals surface area contributed by atoms with E-state index < -0.39 is 5.97 Å². The highest BCUT2D eigenvalue weighted by Crippen LogP contribution is 2.46. The summed E-state index contributed by atoms with van der Waals surface area (Å²) >= 11 is 0. The molecule has 2 heterocycles. The lowest BCUT2D eigenvalue weighted by atomic mass is 10.1. The van der Waals surface area contributed by atoms with E-state index in [1.165, 1.54) is 6.20 Å². The first kappa shape index (κ1) is 17.0. The Kier molecular flexibility index (Phi) is 4.19. The highest BCUT2D eigenvalue weighted by atomic mass is 16.5. The summed E-state index contributed by atoms with van der Waals surface area (Å²) in [6.45, 7) is 2.03. The second kappa shape index (κ2) is 6.68. The molecule has 4 rings (SSSR count). The molecule has 0 radical (unpaired) electrons. The van der Waals surface area contributed by atoms with Gasteiger partial charge in [0.05, 0.1) is 43.1 Å². The molecule has 0 aliphatic carbocycles. The molecule has 3 aromatic rings. The number of hydrogen-bond donors (Lipinski definition) is 1. The van der Waals surface area contributed by atoms with Gasteiger partial charge in [-0.15, -0.1) is 0 Å². The van der Waals surface area contributed by atoms with Crippen LogP contribution in [0.4, 0.5) is 11.4 Å². The van der Waals surface area contributed by atoms with Crippen LogP contribution in [0.5, 0.6) is 23.0 Å². The number of benzene rings is 2. The number of hydrogen-bond acceptors (Lipinski definition) is 7. The van der Waals surface area contributed by atoms with Crippen LogP contribution in [0.15, 0.2) is 36.5 Å². The van der Waals surface area contributed by atoms with Gasteiger partial charge in [0.15, 0.2) is 5.75 Å². The van der Waals surface area contributed by atoms with Crippen LogP contribution >= 0.6 is 0 Å². The van der Waals surface area contributed by atoms with E-state index in [9.17, 15) is 4.79 Å². The van der Waals surface area contributed by atoms with Gasteiger partial charge in [-0.2, -0.15) is 0 Å². The maximum Gasteiger partial charge on any atom is 0.341 e. The van der Waals surface area contributed by atoms with E-state index in [0.717, 1.165) is 0 Å². The van der Waals surface area contributed by atoms with E-state index in [-0.39, 0.29) is 6.61 Å². The zero-order valence-electron chi connectivity index (χ0n) is 15.2. The molecule has 0 atom stereocenters. The lowest BCUT2D eigenvalue weighted by Gasteiger charge is -2.13. The number of carbonyl (C=O) groups excluding carboxylic acids is 1. The number of nitrogens with zero attached hydrogens (tertiary/aromatic N) is 1. The first-order valence-electron chi connectivity index (χ1n) is 8.45. The Morgan fingerprint density at radius 3 is 2.67 bits per heavy atom. The van der Waals surface area contributed by atoms with Crippen molar-refractivity contribution in [3.05, 3.63) is 42.1 Å². The number of nitrogens with one attached hydrogen (secondary N) is 1. The number of pyridine rings is 1. The molecule has 7 nitrogen and oxygen atoms in total. The third-order valence-electron chi connectivity index (χ3n) is 4.30. The molecule has 0 amide bonds. The quantitative estimate of drug-likeness (QED) is 0.540. The third-order valence-corrected chi connectivity index (χ3v) is 4.30. The van der Waals surface area contributed by atoms with Crippen molar-refractivity contribution in [2.75, 3.05) is 26.1 Å². The lowest BCUT2D eigenvalue weighted by molar-refractivity contribution is 0.0527. The van der Waals surface area contributed by atoms with Gasteiger partial charge in [-0.3, -0.25) is 4.98 Å². The number of aromatic nitrogens is 1. The number of carbonyl (C=O) groups is 1. The summed E-state index contributed by atoms with van der Waals surface area (Å²) in [4.78, 5) is 16.9. The monoisotopic (exact) mass is 366 g/mol. The van der Waals surface area contributed by atoms with Crippen LogP contribution in [0.25, 0.3) is 10.9 Å². The molecule has 0 unspecified atom stereocenters. The molecule has 1 aliphatic rings. The van der Waals surface area contributed by atoms with Gasteiger partial charge in [-0.25, -0.2) is 4.79 Å². The molecular weight excluding hydrogens is 348 g/mol. The molecule has 7 heteroatoms. The fourth-order valence-electron chi connectivity index (χ4n) is 3.03. The Bertz CT molecular complexity index is 1050. The molecule has 138 valence electrons. The molecule has 0 saturated carbocycles. The topological polar surface area (TPSA) is 78.9 Å². The summed E-state index contributed by atoms with van der Waals surface area (Å²) in [5, 5.41) is 3.98. The van der Waals surface area contributed by atoms with Gasteiger partial charge in [0.25, 0.3) is 0 Å². The second-order valence-corrected chi connectivity index (χ2v) is 5.88. The minimum absolute atomic E-state index is 0.271. The average molecular weight is 366 g/mol. The summed E-state index contributed by atoms with van der Waals surface area (Å²) in [6, 6.07) is 8.97. The fraction of sp³-hybridized carbons (Fsp3) is 0.200. The molecular formula is C20H18N2O5. The Morgan fingerprint density at radius 2 is 1.93 bits per heavy atom. The highest BCUT2D eigenvalue weighted by molar-refractivity contribution is 6.09. The maximum atomic E-state index is 12.5. The Balaban J connectivity index is 2.00. The van der Waals surface area contributed by atoms with E-state index >= 15 is 0 Å². The van der Waals surface area contributed by atoms with Gasteiger partial charge in [0, 0.05) is 24.4 Å². The minimum atomic E-state index is -0.456. The average Bonchev–Trinajstić information content (AvgIpc) is 2.84. The lowest BCUT2D eigenvalue weighted by Crippen LogP contribution is -2.09. The van der Waals surface area contributed by atoms with Crippen LogP contribution in [0, 0.1) is 0 Å². The van der Waals surface area contributed by atoms with Crippen LogP contribution < -0.4 is 19.5 Å². The van der Waals surface area contributed by atoms with E-state index in [1.807, 2.05) is 0 Å². The molecule has 27 heavy (non-hydrogen) atoms. The molecule has 2 aromatic carbocycles. The number of rotatable bonds is 4. The number of methoxy groups -OCH3 is 2. The van der Waals surface area contributed by atoms with Crippen molar-refractivity contribution >= 4 is 28.2 Å². The number of anilines is 2. The van der Waals surface area contributed by atoms with Crippen molar-refractivity contribution in [2.24, 2.45) is 0 Å². The zero-order valence-corrected chi connectivity index (χ0v) is 15.2. The molecule has 0 spiro atoms. The summed E-state index contributed by atoms with van der Waals surface area (Å²) in [7, 11) is 3.17. The molecule has 0 saturated heterocycles. The summed E-state index contributed by atoms with van der Waals surface area (Å²) in [5.74, 6) is 1.95. The van der Waals surface area contributed by atoms with Crippen LogP contribution in [0.3, 0.4) is 0 Å². The Morgan fingerprint density at radius 1 is 1.11 bits per heavy atom. The molecule has 1 N–H and O–H groups in total. The smallest absolute Gasteiger partial charge is 0.341 e. The molecule has 1 aromatic heterocycles. The number of ether oxygens (including phenoxy) is 4. The largest absolute Gasteiger partial charge is 0.497 e. The van der Waals surface area contributed by atoms with E-state index in [2.05, 4.69) is 10.3 Å². The number of esters is 1. The van der Waals surface area contributed by atoms with Crippen molar-refractivity contribution in [1.82, 2.24) is 4.98 Å². The highest BCUT2D eigenvalue weighted by Gasteiger charge is 2.25. The van der Waals surface area contributed by atoms with E-state index in [0.29, 0.717) is 50.8 Å². The minimum Gasteiger partial charge on any atom is -0.497 e. The van der Waals surface area contributed by atoms with Crippen molar-refractivity contribution in [3.63, 3.8) is 0 Å². The predicted molar refractivity (Wildman–Crippen MR) is 101 cm³/mol. The van der Waals surface area contributed by atoms with Gasteiger partial charge in [0.2, 0.25) is 0 Å². The van der Waals surface area contributed by atoms with Gasteiger partial charge >= 0.3 is 5.97 Å². The first-order valence-corrected chi connectivity index (χ1v) is 8.45. The van der Waals surface area contributed by atoms with Crippen molar-refractivity contribution < 1.29 is 23.7 Å². The van der Waals surface area contributed by atoms with Crippen molar-refractivity contribution in [2.45, 2.75) is 6.92 Å². The molecule has 0 bridgehead atoms. The SMILES string of the molecule is CCOC(=O)c1cnc2cc(OC)cc3c2c1Nc1cc(OC)ccc1O3. The third kappa shape index (κ3) is 2.87. The summed E-state index contributed by atoms with van der Waals surface area (Å²) < 4.78 is 22.0. The van der Waals surface area contributed by atoms with E-state index in [1.54, 1.807) is 51.5 Å². The Hall–Kier alpha value is -3.48. The van der Waals surface area contributed by atoms with Crippen LogP contribution in [0.2, 0.25) is 0 Å². The first-order chi connectivity index (χ1) is 13.1. The van der Waals surface area contributed by atoms with Gasteiger partial charge in [-0.1, -0.05) is 0 Å². The number of fused-ring (bicyclic) bond motifs is 1. The standard InChI is InChI=1S/C20H18N2O5/c1-4-26-20(23)13-10-21-15-8-12(25-3)9-17-18(15)19(13)22-14-7-11(24-2)5-6-16(14)27-17/h5-10,22H,4H2,1-3H3. The van der Waals surface area contributed by atoms with Gasteiger partial charge in [-0.05, 0) is 19.1 Å². The Labute approximate surface area is 155 Å². The summed E-state index contributed by atoms with van der Waals surface area (Å²) in [6.07, 6.45) is 1.50. The predicted octanol–water partition coefficient (Wildman–Crippen LogP) is 4.28. The van der Waals surface area contributed by atoms with Crippen LogP contribution in [-0.4, -0.2) is 31.8 Å². The van der Waals surface area contributed by atoms with E-state index in [4.69, 9.17) is 18.9 Å². The van der Waals surface area contributed by atoms with Crippen molar-refractivity contribution in [1.29, 1.82) is 0 Å². The normalized spacial score (nSPS) is 11.7. The molecule has 0 fully saturated rings. The zero-order chi connectivity index (χ0) is 19.0. The fourth-order valence-corrected chi connectivity index (χ4v) is 3.03. The van der Waals surface area contributed by atoms with Crippen molar-refractivity contribution in [3.8, 4) is 23.0 Å². The summed E-state index contributed by atoms with van der Waals surface area (Å²) in [5.41, 5.74) is 2.21. The van der Waals surface area contributed by atoms with Crippen LogP contribution in [-0.2, 0) is 4.74 Å². The van der Waals surface area contributed by atoms with Gasteiger partial charge < -0.3 is 24.3 Å².